The van der Waals surface area contributed by atoms with Gasteiger partial charge in [0.2, 0.25) is 0 Å². The van der Waals surface area contributed by atoms with Gasteiger partial charge < -0.3 is 14.4 Å². The Morgan fingerprint density at radius 3 is 2.00 bits per heavy atom. The molecule has 46 heavy (non-hydrogen) atoms. The van der Waals surface area contributed by atoms with Crippen LogP contribution in [-0.2, 0) is 33.3 Å². The molecule has 2 aromatic carbocycles. The molecule has 0 bridgehead atoms. The Bertz CT molecular complexity index is 1870. The summed E-state index contributed by atoms with van der Waals surface area (Å²) in [5.41, 5.74) is 3.35. The van der Waals surface area contributed by atoms with Crippen LogP contribution in [0.25, 0.3) is 17.1 Å². The van der Waals surface area contributed by atoms with E-state index in [0.29, 0.717) is 59.1 Å². The van der Waals surface area contributed by atoms with Crippen LogP contribution in [0.15, 0.2) is 42.2 Å². The van der Waals surface area contributed by atoms with Crippen LogP contribution in [-0.4, -0.2) is 84.7 Å². The third-order valence-electron chi connectivity index (χ3n) is 7.49. The smallest absolute Gasteiger partial charge is 0.282 e. The zero-order chi connectivity index (χ0) is 33.1. The van der Waals surface area contributed by atoms with E-state index < -0.39 is 26.0 Å². The summed E-state index contributed by atoms with van der Waals surface area (Å²) in [4.78, 5) is 4.10. The topological polar surface area (TPSA) is 127 Å². The van der Waals surface area contributed by atoms with E-state index in [1.165, 1.54) is 0 Å². The summed E-state index contributed by atoms with van der Waals surface area (Å²) in [6.07, 6.45) is 7.22. The molecule has 0 unspecified atom stereocenters. The van der Waals surface area contributed by atoms with Crippen molar-refractivity contribution in [2.75, 3.05) is 34.4 Å². The van der Waals surface area contributed by atoms with Gasteiger partial charge in [0.15, 0.2) is 11.0 Å². The molecule has 4 rings (SSSR count). The van der Waals surface area contributed by atoms with Gasteiger partial charge in [0, 0.05) is 66.6 Å². The molecule has 1 N–H and O–H groups in total. The molecular formula is C29H34Cl4N4NaO6S2. The van der Waals surface area contributed by atoms with Gasteiger partial charge in [0.1, 0.15) is 5.82 Å². The molecule has 0 amide bonds. The van der Waals surface area contributed by atoms with Crippen LogP contribution in [0, 0.1) is 0 Å². The minimum Gasteiger partial charge on any atom is -0.748 e. The van der Waals surface area contributed by atoms with Crippen LogP contribution in [0.2, 0.25) is 20.1 Å². The van der Waals surface area contributed by atoms with Crippen molar-refractivity contribution >= 4 is 125 Å². The predicted octanol–water partition coefficient (Wildman–Crippen LogP) is 6.38. The second-order valence-electron chi connectivity index (χ2n) is 10.5. The van der Waals surface area contributed by atoms with Crippen molar-refractivity contribution < 1.29 is 30.5 Å². The van der Waals surface area contributed by atoms with E-state index in [2.05, 4.69) is 9.47 Å². The number of imidazole rings is 1. The first kappa shape index (κ1) is 39.4. The fourth-order valence-corrected chi connectivity index (χ4v) is 7.28. The number of allylic oxidation sites excluding steroid dienone is 2. The Kier molecular flexibility index (Phi) is 14.2. The Morgan fingerprint density at radius 2 is 1.41 bits per heavy atom. The molecule has 1 aliphatic heterocycles. The number of fused-ring (bicyclic) bond motifs is 2. The van der Waals surface area contributed by atoms with Crippen molar-refractivity contribution in [2.24, 2.45) is 0 Å². The molecule has 247 valence electrons. The second-order valence-corrected chi connectivity index (χ2v) is 15.2. The number of nitrogens with zero attached hydrogens (tertiary/aromatic N) is 4. The number of aryl methyl sites for hydroxylation is 2. The summed E-state index contributed by atoms with van der Waals surface area (Å²) in [5.74, 6) is 0.871. The number of hydrogen-bond acceptors (Lipinski definition) is 7. The fourth-order valence-electron chi connectivity index (χ4n) is 5.52. The first-order valence-corrected chi connectivity index (χ1v) is 19.1. The summed E-state index contributed by atoms with van der Waals surface area (Å²) in [6.45, 7) is 6.13. The van der Waals surface area contributed by atoms with Gasteiger partial charge in [-0.2, -0.15) is 8.42 Å². The van der Waals surface area contributed by atoms with Gasteiger partial charge >= 0.3 is 0 Å². The van der Waals surface area contributed by atoms with Crippen molar-refractivity contribution in [3.05, 3.63) is 68.2 Å². The van der Waals surface area contributed by atoms with Crippen LogP contribution in [0.4, 0.5) is 11.4 Å². The minimum atomic E-state index is -4.32. The Labute approximate surface area is 312 Å². The Balaban J connectivity index is 0.00000576. The van der Waals surface area contributed by atoms with Crippen molar-refractivity contribution in [1.29, 1.82) is 0 Å². The zero-order valence-electron chi connectivity index (χ0n) is 25.7. The van der Waals surface area contributed by atoms with Crippen LogP contribution in [0.5, 0.6) is 0 Å². The van der Waals surface area contributed by atoms with Crippen LogP contribution < -0.4 is 14.4 Å². The van der Waals surface area contributed by atoms with E-state index in [4.69, 9.17) is 46.4 Å². The molecule has 0 saturated heterocycles. The van der Waals surface area contributed by atoms with Crippen LogP contribution in [0.1, 0.15) is 45.4 Å². The van der Waals surface area contributed by atoms with Gasteiger partial charge in [-0.15, -0.1) is 0 Å². The molecule has 1 aromatic heterocycles. The number of hydrogen-bond donors (Lipinski definition) is 1. The standard InChI is InChI=1S/C29H34Cl4N4O6S2.Na/c1-3-34-24-16-20(30)22(32)18-26(24)36(12-5-7-14-44(38,39)40)28(34)10-9-11-29-35(4-2)25-17-21(31)23(33)19-27(25)37(29)13-6-8-15-45(41,42)43;/h9-11,16-19H,3-8,12-15H2,1-2H3,(H-,38,39,40,41,42,43);. The number of benzene rings is 2. The van der Waals surface area contributed by atoms with Crippen molar-refractivity contribution in [1.82, 2.24) is 4.57 Å². The largest absolute Gasteiger partial charge is 0.748 e. The molecule has 0 saturated carbocycles. The van der Waals surface area contributed by atoms with E-state index in [1.54, 1.807) is 24.3 Å². The molecule has 1 radical (unpaired) electrons. The second kappa shape index (κ2) is 16.6. The summed E-state index contributed by atoms with van der Waals surface area (Å²) >= 11 is 25.5. The summed E-state index contributed by atoms with van der Waals surface area (Å²) in [5, 5.41) is 1.59. The van der Waals surface area contributed by atoms with Gasteiger partial charge in [0.25, 0.3) is 15.9 Å². The number of unbranched alkanes of at least 4 members (excludes halogenated alkanes) is 2. The first-order chi connectivity index (χ1) is 21.1. The molecule has 17 heteroatoms. The molecular weight excluding hydrogens is 729 g/mol. The van der Waals surface area contributed by atoms with Gasteiger partial charge in [0.05, 0.1) is 60.4 Å². The predicted molar refractivity (Wildman–Crippen MR) is 187 cm³/mol. The average Bonchev–Trinajstić information content (AvgIpc) is 3.38. The van der Waals surface area contributed by atoms with E-state index in [9.17, 15) is 25.9 Å². The minimum absolute atomic E-state index is 0. The number of aromatic nitrogens is 2. The van der Waals surface area contributed by atoms with Gasteiger partial charge in [-0.25, -0.2) is 17.6 Å². The molecule has 0 spiro atoms. The molecule has 3 aromatic rings. The third kappa shape index (κ3) is 9.56. The fraction of sp³-hybridized carbons (Fsp3) is 0.414. The molecule has 1 aliphatic rings. The van der Waals surface area contributed by atoms with E-state index in [1.807, 2.05) is 41.5 Å². The number of rotatable bonds is 14. The quantitative estimate of drug-likeness (QED) is 0.0869. The monoisotopic (exact) mass is 761 g/mol. The van der Waals surface area contributed by atoms with E-state index in [0.717, 1.165) is 34.1 Å². The maximum Gasteiger partial charge on any atom is 0.282 e. The van der Waals surface area contributed by atoms with Gasteiger partial charge in [-0.05, 0) is 57.7 Å². The van der Waals surface area contributed by atoms with Gasteiger partial charge in [-0.3, -0.25) is 4.55 Å². The normalized spacial score (nSPS) is 14.6. The molecule has 0 aliphatic carbocycles. The maximum atomic E-state index is 11.3. The number of anilines is 2. The van der Waals surface area contributed by atoms with E-state index in [-0.39, 0.29) is 48.2 Å². The van der Waals surface area contributed by atoms with Crippen molar-refractivity contribution in [3.8, 4) is 0 Å². The number of halogens is 4. The van der Waals surface area contributed by atoms with Crippen molar-refractivity contribution in [2.45, 2.75) is 52.6 Å². The maximum absolute atomic E-state index is 11.3. The summed E-state index contributed by atoms with van der Waals surface area (Å²) < 4.78 is 69.4. The Hall–Kier alpha value is -1.03. The summed E-state index contributed by atoms with van der Waals surface area (Å²) in [6, 6.07) is 7.16. The zero-order valence-corrected chi connectivity index (χ0v) is 32.4. The van der Waals surface area contributed by atoms with Gasteiger partial charge in [-0.1, -0.05) is 52.5 Å². The Morgan fingerprint density at radius 1 is 0.826 bits per heavy atom. The first-order valence-electron chi connectivity index (χ1n) is 14.4. The van der Waals surface area contributed by atoms with Crippen LogP contribution in [0.3, 0.4) is 0 Å². The van der Waals surface area contributed by atoms with Crippen LogP contribution >= 0.6 is 46.4 Å². The summed E-state index contributed by atoms with van der Waals surface area (Å²) in [7, 11) is -8.39. The SMILES string of the molecule is CCN1/C(=C/C=C\c2n(CC)c3cc(Cl)c(Cl)cc3[n+]2CCCCS(=O)(=O)O)N(CCCCS(=O)(=O)[O-])c2cc(Cl)c(Cl)cc21.[Na]. The molecule has 0 atom stereocenters. The van der Waals surface area contributed by atoms with E-state index >= 15 is 0 Å². The third-order valence-corrected chi connectivity index (χ3v) is 10.5. The average molecular weight is 764 g/mol. The molecule has 0 fully saturated rings. The molecule has 2 heterocycles. The van der Waals surface area contributed by atoms with Crippen molar-refractivity contribution in [3.63, 3.8) is 0 Å². The molecule has 10 nitrogen and oxygen atoms in total.